The van der Waals surface area contributed by atoms with Crippen LogP contribution in [-0.4, -0.2) is 20.7 Å². The molecule has 7 heteroatoms. The zero-order chi connectivity index (χ0) is 13.0. The van der Waals surface area contributed by atoms with Crippen molar-refractivity contribution in [2.45, 2.75) is 6.54 Å². The number of nitrogens with one attached hydrogen (secondary N) is 1. The number of nitriles is 1. The summed E-state index contributed by atoms with van der Waals surface area (Å²) in [5, 5.41) is 15.4. The van der Waals surface area contributed by atoms with Crippen molar-refractivity contribution in [3.8, 4) is 6.07 Å². The van der Waals surface area contributed by atoms with Gasteiger partial charge in [0.2, 0.25) is 5.91 Å². The molecule has 0 saturated carbocycles. The molecule has 1 aromatic heterocycles. The van der Waals surface area contributed by atoms with Crippen molar-refractivity contribution in [3.05, 3.63) is 40.9 Å². The molecule has 1 N–H and O–H groups in total. The molecule has 1 heterocycles. The average molecular weight is 306 g/mol. The quantitative estimate of drug-likeness (QED) is 0.932. The molecule has 0 fully saturated rings. The second-order valence-corrected chi connectivity index (χ2v) is 4.36. The molecule has 0 unspecified atom stereocenters. The molecule has 0 saturated heterocycles. The molecule has 1 aromatic carbocycles. The van der Waals surface area contributed by atoms with E-state index >= 15 is 0 Å². The number of rotatable bonds is 3. The van der Waals surface area contributed by atoms with Crippen LogP contribution in [0.4, 0.5) is 5.69 Å². The lowest BCUT2D eigenvalue weighted by molar-refractivity contribution is -0.116. The van der Waals surface area contributed by atoms with Crippen molar-refractivity contribution in [2.75, 3.05) is 5.32 Å². The Morgan fingerprint density at radius 3 is 3.06 bits per heavy atom. The van der Waals surface area contributed by atoms with Crippen LogP contribution in [0.25, 0.3) is 0 Å². The molecule has 0 aliphatic heterocycles. The number of carbonyl (C=O) groups is 1. The van der Waals surface area contributed by atoms with E-state index in [2.05, 4.69) is 31.3 Å². The van der Waals surface area contributed by atoms with Gasteiger partial charge in [0.15, 0.2) is 0 Å². The first-order valence-electron chi connectivity index (χ1n) is 5.01. The molecule has 90 valence electrons. The molecule has 0 atom stereocenters. The third-order valence-corrected chi connectivity index (χ3v) is 2.64. The van der Waals surface area contributed by atoms with E-state index < -0.39 is 0 Å². The summed E-state index contributed by atoms with van der Waals surface area (Å²) >= 11 is 3.27. The monoisotopic (exact) mass is 305 g/mol. The number of benzene rings is 1. The predicted octanol–water partition coefficient (Wildman–Crippen LogP) is 1.55. The first kappa shape index (κ1) is 12.3. The highest BCUT2D eigenvalue weighted by atomic mass is 79.9. The second-order valence-electron chi connectivity index (χ2n) is 3.44. The van der Waals surface area contributed by atoms with E-state index in [1.165, 1.54) is 17.3 Å². The molecule has 0 spiro atoms. The minimum Gasteiger partial charge on any atom is -0.323 e. The maximum absolute atomic E-state index is 11.7. The van der Waals surface area contributed by atoms with Crippen molar-refractivity contribution in [3.63, 3.8) is 0 Å². The van der Waals surface area contributed by atoms with Crippen LogP contribution in [0.1, 0.15) is 5.56 Å². The Hall–Kier alpha value is -2.20. The van der Waals surface area contributed by atoms with Crippen LogP contribution < -0.4 is 5.32 Å². The van der Waals surface area contributed by atoms with Crippen molar-refractivity contribution in [1.29, 1.82) is 5.26 Å². The Labute approximate surface area is 111 Å². The van der Waals surface area contributed by atoms with Crippen molar-refractivity contribution in [1.82, 2.24) is 14.8 Å². The number of hydrogen-bond acceptors (Lipinski definition) is 4. The van der Waals surface area contributed by atoms with Gasteiger partial charge in [-0.25, -0.2) is 9.67 Å². The molecule has 2 rings (SSSR count). The number of nitrogens with zero attached hydrogens (tertiary/aromatic N) is 4. The van der Waals surface area contributed by atoms with Gasteiger partial charge in [0.05, 0.1) is 11.3 Å². The lowest BCUT2D eigenvalue weighted by Gasteiger charge is -2.07. The molecular weight excluding hydrogens is 298 g/mol. The van der Waals surface area contributed by atoms with Gasteiger partial charge in [0.1, 0.15) is 25.3 Å². The van der Waals surface area contributed by atoms with Crippen molar-refractivity contribution < 1.29 is 4.79 Å². The largest absolute Gasteiger partial charge is 0.323 e. The van der Waals surface area contributed by atoms with Crippen LogP contribution in [-0.2, 0) is 11.3 Å². The Balaban J connectivity index is 2.10. The fraction of sp³-hybridized carbons (Fsp3) is 0.0909. The van der Waals surface area contributed by atoms with E-state index in [1.54, 1.807) is 18.2 Å². The van der Waals surface area contributed by atoms with E-state index in [-0.39, 0.29) is 12.5 Å². The number of anilines is 1. The first-order valence-corrected chi connectivity index (χ1v) is 5.80. The van der Waals surface area contributed by atoms with Gasteiger partial charge >= 0.3 is 0 Å². The lowest BCUT2D eigenvalue weighted by atomic mass is 10.2. The van der Waals surface area contributed by atoms with Gasteiger partial charge in [0, 0.05) is 4.47 Å². The minimum atomic E-state index is -0.265. The second kappa shape index (κ2) is 5.42. The first-order chi connectivity index (χ1) is 8.69. The summed E-state index contributed by atoms with van der Waals surface area (Å²) in [7, 11) is 0. The highest BCUT2D eigenvalue weighted by Crippen LogP contribution is 2.20. The summed E-state index contributed by atoms with van der Waals surface area (Å²) in [6, 6.07) is 7.09. The van der Waals surface area contributed by atoms with E-state index in [9.17, 15) is 4.79 Å². The summed E-state index contributed by atoms with van der Waals surface area (Å²) in [5.74, 6) is -0.265. The summed E-state index contributed by atoms with van der Waals surface area (Å²) in [4.78, 5) is 15.5. The van der Waals surface area contributed by atoms with Crippen LogP contribution in [0.3, 0.4) is 0 Å². The van der Waals surface area contributed by atoms with Crippen LogP contribution in [0.15, 0.2) is 35.3 Å². The van der Waals surface area contributed by atoms with E-state index in [0.717, 1.165) is 4.47 Å². The minimum absolute atomic E-state index is 0.0565. The topological polar surface area (TPSA) is 83.6 Å². The summed E-state index contributed by atoms with van der Waals surface area (Å²) in [5.41, 5.74) is 0.877. The molecule has 0 radical (unpaired) electrons. The standard InChI is InChI=1S/C11H8BrN5O/c12-9-1-2-10(8(3-9)4-13)16-11(18)5-17-7-14-6-15-17/h1-3,6-7H,5H2,(H,16,18). The van der Waals surface area contributed by atoms with Crippen LogP contribution in [0.5, 0.6) is 0 Å². The summed E-state index contributed by atoms with van der Waals surface area (Å²) in [6.45, 7) is 0.0565. The zero-order valence-electron chi connectivity index (χ0n) is 9.17. The molecule has 0 aliphatic carbocycles. The van der Waals surface area contributed by atoms with Crippen LogP contribution >= 0.6 is 15.9 Å². The maximum atomic E-state index is 11.7. The molecule has 6 nitrogen and oxygen atoms in total. The normalized spacial score (nSPS) is 9.78. The van der Waals surface area contributed by atoms with Gasteiger partial charge in [-0.2, -0.15) is 10.4 Å². The fourth-order valence-electron chi connectivity index (χ4n) is 1.37. The van der Waals surface area contributed by atoms with Crippen LogP contribution in [0, 0.1) is 11.3 Å². The molecule has 18 heavy (non-hydrogen) atoms. The maximum Gasteiger partial charge on any atom is 0.246 e. The van der Waals surface area contributed by atoms with Crippen molar-refractivity contribution >= 4 is 27.5 Å². The van der Waals surface area contributed by atoms with E-state index in [4.69, 9.17) is 5.26 Å². The Morgan fingerprint density at radius 1 is 1.56 bits per heavy atom. The molecule has 0 bridgehead atoms. The van der Waals surface area contributed by atoms with E-state index in [1.807, 2.05) is 6.07 Å². The number of amides is 1. The third-order valence-electron chi connectivity index (χ3n) is 2.15. The van der Waals surface area contributed by atoms with Gasteiger partial charge in [-0.15, -0.1) is 0 Å². The number of halogens is 1. The number of aromatic nitrogens is 3. The molecule has 2 aromatic rings. The summed E-state index contributed by atoms with van der Waals surface area (Å²) < 4.78 is 2.19. The molecule has 1 amide bonds. The van der Waals surface area contributed by atoms with Crippen molar-refractivity contribution in [2.24, 2.45) is 0 Å². The third kappa shape index (κ3) is 2.93. The molecular formula is C11H8BrN5O. The zero-order valence-corrected chi connectivity index (χ0v) is 10.8. The lowest BCUT2D eigenvalue weighted by Crippen LogP contribution is -2.19. The SMILES string of the molecule is N#Cc1cc(Br)ccc1NC(=O)Cn1cncn1. The van der Waals surface area contributed by atoms with Gasteiger partial charge < -0.3 is 5.32 Å². The van der Waals surface area contributed by atoms with Gasteiger partial charge in [-0.3, -0.25) is 4.79 Å². The predicted molar refractivity (Wildman–Crippen MR) is 67.5 cm³/mol. The van der Waals surface area contributed by atoms with E-state index in [0.29, 0.717) is 11.3 Å². The number of hydrogen-bond donors (Lipinski definition) is 1. The molecule has 0 aliphatic rings. The Morgan fingerprint density at radius 2 is 2.39 bits per heavy atom. The van der Waals surface area contributed by atoms with Gasteiger partial charge in [-0.05, 0) is 18.2 Å². The highest BCUT2D eigenvalue weighted by Gasteiger charge is 2.08. The number of carbonyl (C=O) groups excluding carboxylic acids is 1. The Kier molecular flexibility index (Phi) is 3.69. The van der Waals surface area contributed by atoms with Gasteiger partial charge in [0.25, 0.3) is 0 Å². The highest BCUT2D eigenvalue weighted by molar-refractivity contribution is 9.10. The smallest absolute Gasteiger partial charge is 0.246 e. The van der Waals surface area contributed by atoms with Crippen LogP contribution in [0.2, 0.25) is 0 Å². The van der Waals surface area contributed by atoms with Gasteiger partial charge in [-0.1, -0.05) is 15.9 Å². The average Bonchev–Trinajstić information content (AvgIpc) is 2.84. The summed E-state index contributed by atoms with van der Waals surface area (Å²) in [6.07, 6.45) is 2.81. The Bertz CT molecular complexity index is 602. The fourth-order valence-corrected chi connectivity index (χ4v) is 1.73.